The van der Waals surface area contributed by atoms with Gasteiger partial charge in [0, 0.05) is 14.6 Å². The maximum atomic E-state index is 10.7. The topological polar surface area (TPSA) is 38.3 Å². The van der Waals surface area contributed by atoms with Gasteiger partial charge < -0.3 is 10.1 Å². The van der Waals surface area contributed by atoms with Gasteiger partial charge in [-0.2, -0.15) is 0 Å². The van der Waals surface area contributed by atoms with E-state index in [1.807, 2.05) is 13.8 Å². The van der Waals surface area contributed by atoms with Crippen LogP contribution in [0.1, 0.15) is 42.0 Å². The Bertz CT molecular complexity index is 100. The second-order valence-corrected chi connectivity index (χ2v) is 2.69. The molecule has 0 aromatic carbocycles. The Hall–Kier alpha value is -0.570. The fourth-order valence-corrected chi connectivity index (χ4v) is 0.510. The number of hydrogen-bond acceptors (Lipinski definition) is 2. The predicted octanol–water partition coefficient (Wildman–Crippen LogP) is 2.21. The van der Waals surface area contributed by atoms with Gasteiger partial charge in [0.25, 0.3) is 0 Å². The van der Waals surface area contributed by atoms with Crippen molar-refractivity contribution >= 4 is 5.91 Å². The van der Waals surface area contributed by atoms with Crippen molar-refractivity contribution in [1.29, 1.82) is 0 Å². The lowest BCUT2D eigenvalue weighted by atomic mass is 10.5. The highest BCUT2D eigenvalue weighted by atomic mass is 16.5. The maximum Gasteiger partial charge on any atom is 0.245 e. The number of hydrogen-bond donors (Lipinski definition) is 1. The van der Waals surface area contributed by atoms with Crippen molar-refractivity contribution in [1.82, 2.24) is 5.32 Å². The number of carbonyl (C=O) groups is 1. The molecular formula is C10H25NO2. The molecule has 3 nitrogen and oxygen atoms in total. The number of ether oxygens (including phenoxy) is 1. The lowest BCUT2D eigenvalue weighted by molar-refractivity contribution is -0.125. The van der Waals surface area contributed by atoms with E-state index >= 15 is 0 Å². The van der Waals surface area contributed by atoms with Gasteiger partial charge in [-0.15, -0.1) is 0 Å². The van der Waals surface area contributed by atoms with Gasteiger partial charge in [0.05, 0.1) is 0 Å². The van der Waals surface area contributed by atoms with E-state index in [-0.39, 0.29) is 13.9 Å². The Morgan fingerprint density at radius 1 is 1.31 bits per heavy atom. The molecule has 0 aliphatic rings. The van der Waals surface area contributed by atoms with E-state index in [0.717, 1.165) is 13.0 Å². The molecule has 0 rings (SSSR count). The summed E-state index contributed by atoms with van der Waals surface area (Å²) >= 11 is 0. The number of nitrogens with one attached hydrogen (secondary N) is 1. The molecule has 0 aromatic heterocycles. The summed E-state index contributed by atoms with van der Waals surface area (Å²) < 4.78 is 4.88. The second-order valence-electron chi connectivity index (χ2n) is 2.69. The Morgan fingerprint density at radius 2 is 1.85 bits per heavy atom. The SMILES string of the molecule is CCC.CCCNC(=O)COCC.[HH]. The molecule has 3 heteroatoms. The second kappa shape index (κ2) is 14.0. The Labute approximate surface area is 83.3 Å². The zero-order valence-electron chi connectivity index (χ0n) is 9.35. The van der Waals surface area contributed by atoms with Crippen LogP contribution in [0.3, 0.4) is 0 Å². The molecular weight excluding hydrogens is 166 g/mol. The van der Waals surface area contributed by atoms with Crippen molar-refractivity contribution in [3.05, 3.63) is 0 Å². The molecule has 0 fully saturated rings. The van der Waals surface area contributed by atoms with E-state index in [1.54, 1.807) is 0 Å². The molecule has 82 valence electrons. The van der Waals surface area contributed by atoms with Gasteiger partial charge in [0.1, 0.15) is 6.61 Å². The van der Waals surface area contributed by atoms with Gasteiger partial charge in [-0.3, -0.25) is 4.79 Å². The molecule has 1 N–H and O–H groups in total. The van der Waals surface area contributed by atoms with Crippen LogP contribution in [0.2, 0.25) is 0 Å². The molecule has 0 aliphatic carbocycles. The summed E-state index contributed by atoms with van der Waals surface area (Å²) in [6, 6.07) is 0. The molecule has 0 saturated carbocycles. The third-order valence-corrected chi connectivity index (χ3v) is 1.01. The van der Waals surface area contributed by atoms with E-state index in [1.165, 1.54) is 6.42 Å². The third-order valence-electron chi connectivity index (χ3n) is 1.01. The smallest absolute Gasteiger partial charge is 0.245 e. The number of amides is 1. The minimum absolute atomic E-state index is 0. The molecule has 1 amide bonds. The highest BCUT2D eigenvalue weighted by molar-refractivity contribution is 5.77. The average Bonchev–Trinajstić information content (AvgIpc) is 2.12. The van der Waals surface area contributed by atoms with Crippen LogP contribution >= 0.6 is 0 Å². The predicted molar refractivity (Wildman–Crippen MR) is 57.9 cm³/mol. The zero-order chi connectivity index (χ0) is 10.5. The number of rotatable bonds is 5. The average molecular weight is 191 g/mol. The lowest BCUT2D eigenvalue weighted by Gasteiger charge is -2.01. The fourth-order valence-electron chi connectivity index (χ4n) is 0.510. The van der Waals surface area contributed by atoms with Crippen LogP contribution in [0.5, 0.6) is 0 Å². The molecule has 0 radical (unpaired) electrons. The molecule has 0 saturated heterocycles. The fraction of sp³-hybridized carbons (Fsp3) is 0.900. The minimum atomic E-state index is -0.0244. The summed E-state index contributed by atoms with van der Waals surface area (Å²) in [7, 11) is 0. The number of carbonyl (C=O) groups excluding carboxylic acids is 1. The van der Waals surface area contributed by atoms with Gasteiger partial charge in [-0.05, 0) is 13.3 Å². The lowest BCUT2D eigenvalue weighted by Crippen LogP contribution is -2.28. The molecule has 0 aromatic rings. The van der Waals surface area contributed by atoms with Crippen molar-refractivity contribution in [3.8, 4) is 0 Å². The molecule has 0 aliphatic heterocycles. The molecule has 0 heterocycles. The highest BCUT2D eigenvalue weighted by Crippen LogP contribution is 1.75. The summed E-state index contributed by atoms with van der Waals surface area (Å²) in [5.41, 5.74) is 0. The minimum Gasteiger partial charge on any atom is -0.372 e. The first-order chi connectivity index (χ1) is 6.22. The Kier molecular flexibility index (Phi) is 16.1. The van der Waals surface area contributed by atoms with E-state index in [4.69, 9.17) is 4.74 Å². The van der Waals surface area contributed by atoms with Crippen LogP contribution in [0.15, 0.2) is 0 Å². The zero-order valence-corrected chi connectivity index (χ0v) is 9.35. The third kappa shape index (κ3) is 18.4. The van der Waals surface area contributed by atoms with Crippen LogP contribution in [-0.2, 0) is 9.53 Å². The van der Waals surface area contributed by atoms with Crippen molar-refractivity contribution < 1.29 is 11.0 Å². The van der Waals surface area contributed by atoms with Crippen molar-refractivity contribution in [2.45, 2.75) is 40.5 Å². The first kappa shape index (κ1) is 14.9. The summed E-state index contributed by atoms with van der Waals surface area (Å²) in [5.74, 6) is -0.0244. The van der Waals surface area contributed by atoms with E-state index in [2.05, 4.69) is 19.2 Å². The summed E-state index contributed by atoms with van der Waals surface area (Å²) in [6.07, 6.45) is 2.22. The normalized spacial score (nSPS) is 8.62. The monoisotopic (exact) mass is 191 g/mol. The van der Waals surface area contributed by atoms with Gasteiger partial charge in [0.15, 0.2) is 0 Å². The highest BCUT2D eigenvalue weighted by Gasteiger charge is 1.96. The van der Waals surface area contributed by atoms with E-state index < -0.39 is 0 Å². The van der Waals surface area contributed by atoms with Crippen LogP contribution in [0.25, 0.3) is 0 Å². The van der Waals surface area contributed by atoms with Gasteiger partial charge in [0.2, 0.25) is 5.91 Å². The maximum absolute atomic E-state index is 10.7. The van der Waals surface area contributed by atoms with Crippen molar-refractivity contribution in [2.75, 3.05) is 19.8 Å². The standard InChI is InChI=1S/C7H15NO2.C3H8.H2/c1-3-5-8-7(9)6-10-4-2;1-3-2;/h3-6H2,1-2H3,(H,8,9);3H2,1-2H3;1H. The Balaban J connectivity index is -0.000000267. The molecule has 0 unspecified atom stereocenters. The van der Waals surface area contributed by atoms with Gasteiger partial charge in [-0.25, -0.2) is 0 Å². The van der Waals surface area contributed by atoms with Gasteiger partial charge in [-0.1, -0.05) is 27.2 Å². The molecule has 13 heavy (non-hydrogen) atoms. The van der Waals surface area contributed by atoms with Gasteiger partial charge >= 0.3 is 0 Å². The summed E-state index contributed by atoms with van der Waals surface area (Å²) in [5, 5.41) is 2.70. The molecule has 0 bridgehead atoms. The van der Waals surface area contributed by atoms with Crippen LogP contribution < -0.4 is 5.32 Å². The van der Waals surface area contributed by atoms with Crippen LogP contribution in [0, 0.1) is 0 Å². The summed E-state index contributed by atoms with van der Waals surface area (Å²) in [4.78, 5) is 10.7. The van der Waals surface area contributed by atoms with Crippen LogP contribution in [0.4, 0.5) is 0 Å². The quantitative estimate of drug-likeness (QED) is 0.723. The largest absolute Gasteiger partial charge is 0.372 e. The van der Waals surface area contributed by atoms with E-state index in [0.29, 0.717) is 6.61 Å². The first-order valence-corrected chi connectivity index (χ1v) is 5.07. The van der Waals surface area contributed by atoms with Crippen LogP contribution in [-0.4, -0.2) is 25.7 Å². The first-order valence-electron chi connectivity index (χ1n) is 5.07. The Morgan fingerprint density at radius 3 is 2.23 bits per heavy atom. The van der Waals surface area contributed by atoms with E-state index in [9.17, 15) is 4.79 Å². The molecule has 0 spiro atoms. The van der Waals surface area contributed by atoms with Crippen molar-refractivity contribution in [3.63, 3.8) is 0 Å². The van der Waals surface area contributed by atoms with Crippen molar-refractivity contribution in [2.24, 2.45) is 0 Å². The summed E-state index contributed by atoms with van der Waals surface area (Å²) in [6.45, 7) is 9.66. The molecule has 0 atom stereocenters.